The second-order valence-electron chi connectivity index (χ2n) is 7.79. The number of rotatable bonds is 7. The predicted octanol–water partition coefficient (Wildman–Crippen LogP) is 2.87. The maximum Gasteiger partial charge on any atom is 0.209 e. The number of hydrogen-bond donors (Lipinski definition) is 1. The summed E-state index contributed by atoms with van der Waals surface area (Å²) in [7, 11) is -3.18. The molecule has 1 aromatic rings. The van der Waals surface area contributed by atoms with Crippen molar-refractivity contribution in [1.29, 1.82) is 0 Å². The van der Waals surface area contributed by atoms with Crippen LogP contribution in [0.1, 0.15) is 69.2 Å². The third-order valence-electron chi connectivity index (χ3n) is 5.52. The first-order chi connectivity index (χ1) is 11.9. The summed E-state index contributed by atoms with van der Waals surface area (Å²) in [6.07, 6.45) is 9.69. The van der Waals surface area contributed by atoms with E-state index in [4.69, 9.17) is 4.52 Å². The van der Waals surface area contributed by atoms with Crippen LogP contribution in [0.3, 0.4) is 0 Å². The van der Waals surface area contributed by atoms with Gasteiger partial charge in [0.1, 0.15) is 0 Å². The van der Waals surface area contributed by atoms with Crippen LogP contribution in [-0.4, -0.2) is 43.9 Å². The van der Waals surface area contributed by atoms with Gasteiger partial charge < -0.3 is 4.52 Å². The quantitative estimate of drug-likeness (QED) is 0.800. The van der Waals surface area contributed by atoms with Crippen LogP contribution in [0.4, 0.5) is 0 Å². The molecule has 0 amide bonds. The van der Waals surface area contributed by atoms with Crippen molar-refractivity contribution in [3.63, 3.8) is 0 Å². The van der Waals surface area contributed by atoms with Crippen molar-refractivity contribution in [2.75, 3.05) is 19.3 Å². The van der Waals surface area contributed by atoms with Gasteiger partial charge in [0.2, 0.25) is 10.0 Å². The highest BCUT2D eigenvalue weighted by Crippen LogP contribution is 2.32. The first-order valence-corrected chi connectivity index (χ1v) is 11.5. The molecule has 2 heterocycles. The van der Waals surface area contributed by atoms with Gasteiger partial charge in [0, 0.05) is 31.1 Å². The van der Waals surface area contributed by atoms with Crippen LogP contribution in [0.5, 0.6) is 0 Å². The Hall–Kier alpha value is -0.920. The lowest BCUT2D eigenvalue weighted by atomic mass is 9.87. The molecule has 6 nitrogen and oxygen atoms in total. The van der Waals surface area contributed by atoms with Crippen LogP contribution in [-0.2, 0) is 16.6 Å². The maximum absolute atomic E-state index is 11.6. The molecule has 1 aromatic heterocycles. The average Bonchev–Trinajstić information content (AvgIpc) is 3.15. The Bertz CT molecular complexity index is 652. The van der Waals surface area contributed by atoms with Gasteiger partial charge >= 0.3 is 0 Å². The zero-order valence-electron chi connectivity index (χ0n) is 15.4. The van der Waals surface area contributed by atoms with Crippen molar-refractivity contribution >= 4 is 10.0 Å². The summed E-state index contributed by atoms with van der Waals surface area (Å²) in [5.41, 5.74) is 1.10. The van der Waals surface area contributed by atoms with Crippen LogP contribution >= 0.6 is 0 Å². The molecule has 0 spiro atoms. The SMILES string of the molecule is CCC[C@@H]1CN(Cc2cc(C3CCCCC3)no2)C[C@H]1NS(C)(=O)=O. The number of aromatic nitrogens is 1. The Labute approximate surface area is 151 Å². The number of likely N-dealkylation sites (tertiary alicyclic amines) is 1. The molecule has 0 unspecified atom stereocenters. The Balaban J connectivity index is 1.60. The molecule has 25 heavy (non-hydrogen) atoms. The lowest BCUT2D eigenvalue weighted by molar-refractivity contribution is 0.261. The minimum atomic E-state index is -3.18. The summed E-state index contributed by atoms with van der Waals surface area (Å²) in [6, 6.07) is 2.11. The summed E-state index contributed by atoms with van der Waals surface area (Å²) in [5.74, 6) is 1.81. The summed E-state index contributed by atoms with van der Waals surface area (Å²) in [6.45, 7) is 4.49. The summed E-state index contributed by atoms with van der Waals surface area (Å²) < 4.78 is 31.6. The number of hydrogen-bond acceptors (Lipinski definition) is 5. The molecule has 2 aliphatic rings. The van der Waals surface area contributed by atoms with E-state index in [9.17, 15) is 8.42 Å². The smallest absolute Gasteiger partial charge is 0.209 e. The first-order valence-electron chi connectivity index (χ1n) is 9.59. The Morgan fingerprint density at radius 3 is 2.72 bits per heavy atom. The predicted molar refractivity (Wildman–Crippen MR) is 97.8 cm³/mol. The maximum atomic E-state index is 11.6. The van der Waals surface area contributed by atoms with E-state index in [1.54, 1.807) is 0 Å². The highest BCUT2D eigenvalue weighted by molar-refractivity contribution is 7.88. The van der Waals surface area contributed by atoms with E-state index < -0.39 is 10.0 Å². The summed E-state index contributed by atoms with van der Waals surface area (Å²) in [5, 5.41) is 4.30. The van der Waals surface area contributed by atoms with E-state index in [0.717, 1.165) is 37.4 Å². The largest absolute Gasteiger partial charge is 0.360 e. The zero-order valence-corrected chi connectivity index (χ0v) is 16.2. The number of sulfonamides is 1. The molecule has 0 bridgehead atoms. The first kappa shape index (κ1) is 18.9. The van der Waals surface area contributed by atoms with Gasteiger partial charge in [-0.25, -0.2) is 13.1 Å². The summed E-state index contributed by atoms with van der Waals surface area (Å²) >= 11 is 0. The Morgan fingerprint density at radius 1 is 1.28 bits per heavy atom. The molecule has 0 radical (unpaired) electrons. The van der Waals surface area contributed by atoms with Crippen molar-refractivity contribution in [3.05, 3.63) is 17.5 Å². The van der Waals surface area contributed by atoms with Crippen LogP contribution < -0.4 is 4.72 Å². The Kier molecular flexibility index (Phi) is 6.17. The minimum Gasteiger partial charge on any atom is -0.360 e. The van der Waals surface area contributed by atoms with E-state index >= 15 is 0 Å². The second kappa shape index (κ2) is 8.18. The van der Waals surface area contributed by atoms with Gasteiger partial charge in [-0.05, 0) is 25.2 Å². The highest BCUT2D eigenvalue weighted by atomic mass is 32.2. The van der Waals surface area contributed by atoms with Gasteiger partial charge in [0.15, 0.2) is 5.76 Å². The molecular weight excluding hydrogens is 338 g/mol. The van der Waals surface area contributed by atoms with Crippen molar-refractivity contribution in [1.82, 2.24) is 14.8 Å². The van der Waals surface area contributed by atoms with E-state index in [-0.39, 0.29) is 6.04 Å². The fourth-order valence-corrected chi connectivity index (χ4v) is 5.19. The van der Waals surface area contributed by atoms with Crippen LogP contribution in [0.15, 0.2) is 10.6 Å². The lowest BCUT2D eigenvalue weighted by Crippen LogP contribution is -2.39. The average molecular weight is 370 g/mol. The monoisotopic (exact) mass is 369 g/mol. The van der Waals surface area contributed by atoms with Crippen molar-refractivity contribution in [3.8, 4) is 0 Å². The van der Waals surface area contributed by atoms with Crippen molar-refractivity contribution < 1.29 is 12.9 Å². The minimum absolute atomic E-state index is 0.00399. The molecular formula is C18H31N3O3S. The number of nitrogens with one attached hydrogen (secondary N) is 1. The van der Waals surface area contributed by atoms with E-state index in [1.807, 2.05) is 0 Å². The fourth-order valence-electron chi connectivity index (χ4n) is 4.38. The molecule has 2 fully saturated rings. The molecule has 1 N–H and O–H groups in total. The standard InChI is InChI=1S/C18H31N3O3S/c1-3-7-15-11-21(13-18(15)20-25(2,22)23)12-16-10-17(19-24-16)14-8-5-4-6-9-14/h10,14-15,18,20H,3-9,11-13H2,1-2H3/t15-,18-/m1/s1. The van der Waals surface area contributed by atoms with Gasteiger partial charge in [-0.2, -0.15) is 0 Å². The van der Waals surface area contributed by atoms with Gasteiger partial charge in [-0.3, -0.25) is 4.90 Å². The molecule has 3 rings (SSSR count). The Morgan fingerprint density at radius 2 is 2.04 bits per heavy atom. The van der Waals surface area contributed by atoms with Crippen LogP contribution in [0.25, 0.3) is 0 Å². The van der Waals surface area contributed by atoms with E-state index in [2.05, 4.69) is 27.8 Å². The van der Waals surface area contributed by atoms with Crippen molar-refractivity contribution in [2.24, 2.45) is 5.92 Å². The summed E-state index contributed by atoms with van der Waals surface area (Å²) in [4.78, 5) is 2.29. The molecule has 1 saturated heterocycles. The molecule has 0 aromatic carbocycles. The van der Waals surface area contributed by atoms with Gasteiger partial charge in [0.05, 0.1) is 18.5 Å². The van der Waals surface area contributed by atoms with Crippen molar-refractivity contribution in [2.45, 2.75) is 70.4 Å². The second-order valence-corrected chi connectivity index (χ2v) is 9.57. The molecule has 7 heteroatoms. The molecule has 1 saturated carbocycles. The van der Waals surface area contributed by atoms with Gasteiger partial charge in [-0.1, -0.05) is 37.8 Å². The van der Waals surface area contributed by atoms with Crippen LogP contribution in [0, 0.1) is 5.92 Å². The van der Waals surface area contributed by atoms with Gasteiger partial charge in [0.25, 0.3) is 0 Å². The molecule has 2 atom stereocenters. The molecule has 1 aliphatic carbocycles. The van der Waals surface area contributed by atoms with E-state index in [0.29, 0.717) is 18.4 Å². The highest BCUT2D eigenvalue weighted by Gasteiger charge is 2.34. The fraction of sp³-hybridized carbons (Fsp3) is 0.833. The molecule has 142 valence electrons. The third-order valence-corrected chi connectivity index (χ3v) is 6.25. The lowest BCUT2D eigenvalue weighted by Gasteiger charge is -2.18. The molecule has 1 aliphatic heterocycles. The van der Waals surface area contributed by atoms with Crippen LogP contribution in [0.2, 0.25) is 0 Å². The topological polar surface area (TPSA) is 75.4 Å². The number of nitrogens with zero attached hydrogens (tertiary/aromatic N) is 2. The van der Waals surface area contributed by atoms with Gasteiger partial charge in [-0.15, -0.1) is 0 Å². The zero-order chi connectivity index (χ0) is 17.9. The normalized spacial score (nSPS) is 26.3. The third kappa shape index (κ3) is 5.28. The van der Waals surface area contributed by atoms with E-state index in [1.165, 1.54) is 38.4 Å².